The zero-order valence-electron chi connectivity index (χ0n) is 31.6. The van der Waals surface area contributed by atoms with Crippen molar-refractivity contribution in [2.45, 2.75) is 111 Å². The van der Waals surface area contributed by atoms with Gasteiger partial charge in [0.25, 0.3) is 5.69 Å². The molecule has 3 aromatic rings. The molecular formula is C43H57N3O6. The normalized spacial score (nSPS) is 14.2. The molecular weight excluding hydrogens is 654 g/mol. The lowest BCUT2D eigenvalue weighted by atomic mass is 9.95. The highest BCUT2D eigenvalue weighted by Crippen LogP contribution is 2.32. The van der Waals surface area contributed by atoms with Crippen molar-refractivity contribution in [2.75, 3.05) is 31.9 Å². The molecule has 0 radical (unpaired) electrons. The third kappa shape index (κ3) is 14.0. The number of rotatable bonds is 21. The maximum atomic E-state index is 11.1. The Morgan fingerprint density at radius 1 is 0.808 bits per heavy atom. The number of hydrazone groups is 1. The zero-order chi connectivity index (χ0) is 37.0. The van der Waals surface area contributed by atoms with Gasteiger partial charge in [-0.25, -0.2) is 0 Å². The van der Waals surface area contributed by atoms with Gasteiger partial charge in [0.15, 0.2) is 6.29 Å². The van der Waals surface area contributed by atoms with Gasteiger partial charge in [-0.3, -0.25) is 15.5 Å². The number of benzene rings is 3. The van der Waals surface area contributed by atoms with E-state index < -0.39 is 4.92 Å². The van der Waals surface area contributed by atoms with Gasteiger partial charge in [-0.05, 0) is 43.2 Å². The van der Waals surface area contributed by atoms with Crippen molar-refractivity contribution in [3.63, 3.8) is 0 Å². The number of ether oxygens (including phenoxy) is 4. The summed E-state index contributed by atoms with van der Waals surface area (Å²) < 4.78 is 24.7. The number of hydrogen-bond acceptors (Lipinski definition) is 8. The lowest BCUT2D eigenvalue weighted by Gasteiger charge is -2.34. The van der Waals surface area contributed by atoms with Gasteiger partial charge in [0.05, 0.1) is 48.8 Å². The number of hydrogen-bond donors (Lipinski definition) is 1. The van der Waals surface area contributed by atoms with Crippen LogP contribution in [0.5, 0.6) is 11.5 Å². The average Bonchev–Trinajstić information content (AvgIpc) is 3.14. The van der Waals surface area contributed by atoms with Crippen LogP contribution in [0.2, 0.25) is 0 Å². The molecule has 1 N–H and O–H groups in total. The number of nitro groups is 1. The van der Waals surface area contributed by atoms with E-state index in [2.05, 4.69) is 50.1 Å². The van der Waals surface area contributed by atoms with Crippen molar-refractivity contribution in [1.82, 2.24) is 0 Å². The fraction of sp³-hybridized carbons (Fsp3) is 0.512. The van der Waals surface area contributed by atoms with Crippen LogP contribution in [0, 0.1) is 27.4 Å². The van der Waals surface area contributed by atoms with Crippen molar-refractivity contribution in [2.24, 2.45) is 10.5 Å². The lowest BCUT2D eigenvalue weighted by Crippen LogP contribution is -2.33. The van der Waals surface area contributed by atoms with Gasteiger partial charge >= 0.3 is 0 Å². The van der Waals surface area contributed by atoms with E-state index in [1.165, 1.54) is 63.5 Å². The number of anilines is 1. The topological polar surface area (TPSA) is 104 Å². The van der Waals surface area contributed by atoms with Crippen LogP contribution < -0.4 is 14.9 Å². The van der Waals surface area contributed by atoms with Crippen LogP contribution in [-0.4, -0.2) is 37.6 Å². The minimum absolute atomic E-state index is 0.0129. The van der Waals surface area contributed by atoms with E-state index in [1.807, 2.05) is 36.4 Å². The molecule has 280 valence electrons. The second-order valence-corrected chi connectivity index (χ2v) is 14.3. The molecule has 1 aliphatic heterocycles. The third-order valence-corrected chi connectivity index (χ3v) is 8.87. The first-order valence-corrected chi connectivity index (χ1v) is 19.1. The standard InChI is InChI=1S/C43H57N3O6/c1-5-7-9-11-13-15-27-49-40-30-37(31-44-45-38-23-25-39(26-24-38)46(47)48)41(50-28-16-14-12-10-8-6-2)29-36(40)22-19-34-17-20-35(21-18-34)42-51-32-43(3,4)33-52-42/h17-18,20-21,23-26,29-31,42,45H,5-16,27-28,32-33H2,1-4H3/b44-31+. The molecule has 52 heavy (non-hydrogen) atoms. The number of nitro benzene ring substituents is 1. The number of nitrogens with zero attached hydrogens (tertiary/aromatic N) is 2. The molecule has 0 aliphatic carbocycles. The first-order valence-electron chi connectivity index (χ1n) is 19.1. The molecule has 0 atom stereocenters. The highest BCUT2D eigenvalue weighted by molar-refractivity contribution is 5.85. The van der Waals surface area contributed by atoms with Crippen LogP contribution >= 0.6 is 0 Å². The van der Waals surface area contributed by atoms with Crippen molar-refractivity contribution in [3.8, 4) is 23.3 Å². The van der Waals surface area contributed by atoms with Gasteiger partial charge in [-0.2, -0.15) is 5.10 Å². The minimum Gasteiger partial charge on any atom is -0.493 e. The number of unbranched alkanes of at least 4 members (excludes halogenated alkanes) is 10. The lowest BCUT2D eigenvalue weighted by molar-refractivity contribution is -0.384. The van der Waals surface area contributed by atoms with Crippen LogP contribution in [0.25, 0.3) is 0 Å². The van der Waals surface area contributed by atoms with Crippen molar-refractivity contribution in [1.29, 1.82) is 0 Å². The van der Waals surface area contributed by atoms with Crippen LogP contribution in [-0.2, 0) is 9.47 Å². The predicted octanol–water partition coefficient (Wildman–Crippen LogP) is 11.0. The SMILES string of the molecule is CCCCCCCCOc1cc(/C=N/Nc2ccc([N+](=O)[O-])cc2)c(OCCCCCCCC)cc1C#Cc1ccc(C2OCC(C)(C)CO2)cc1. The molecule has 9 nitrogen and oxygen atoms in total. The summed E-state index contributed by atoms with van der Waals surface area (Å²) >= 11 is 0. The van der Waals surface area contributed by atoms with E-state index in [1.54, 1.807) is 18.3 Å². The van der Waals surface area contributed by atoms with E-state index in [0.29, 0.717) is 43.6 Å². The summed E-state index contributed by atoms with van der Waals surface area (Å²) in [6.07, 6.45) is 15.3. The van der Waals surface area contributed by atoms with E-state index in [-0.39, 0.29) is 17.4 Å². The summed E-state index contributed by atoms with van der Waals surface area (Å²) in [6.45, 7) is 11.2. The first kappa shape index (κ1) is 40.4. The van der Waals surface area contributed by atoms with Crippen LogP contribution in [0.15, 0.2) is 65.8 Å². The molecule has 0 spiro atoms. The Labute approximate surface area is 310 Å². The predicted molar refractivity (Wildman–Crippen MR) is 209 cm³/mol. The second kappa shape index (κ2) is 21.9. The highest BCUT2D eigenvalue weighted by atomic mass is 16.7. The van der Waals surface area contributed by atoms with Gasteiger partial charge in [0.2, 0.25) is 0 Å². The smallest absolute Gasteiger partial charge is 0.269 e. The summed E-state index contributed by atoms with van der Waals surface area (Å²) in [7, 11) is 0. The summed E-state index contributed by atoms with van der Waals surface area (Å²) in [6, 6.07) is 18.0. The molecule has 1 aliphatic rings. The van der Waals surface area contributed by atoms with Gasteiger partial charge in [-0.1, -0.05) is 116 Å². The number of non-ortho nitro benzene ring substituents is 1. The van der Waals surface area contributed by atoms with Gasteiger partial charge in [-0.15, -0.1) is 0 Å². The molecule has 9 heteroatoms. The Morgan fingerprint density at radius 3 is 1.98 bits per heavy atom. The minimum atomic E-state index is -0.422. The first-order chi connectivity index (χ1) is 25.3. The highest BCUT2D eigenvalue weighted by Gasteiger charge is 2.29. The van der Waals surface area contributed by atoms with E-state index >= 15 is 0 Å². The molecule has 1 heterocycles. The molecule has 1 fully saturated rings. The molecule has 4 rings (SSSR count). The molecule has 0 saturated carbocycles. The molecule has 0 amide bonds. The summed E-state index contributed by atoms with van der Waals surface area (Å²) in [5.74, 6) is 8.04. The Bertz CT molecular complexity index is 1600. The largest absolute Gasteiger partial charge is 0.493 e. The Morgan fingerprint density at radius 2 is 1.38 bits per heavy atom. The van der Waals surface area contributed by atoms with Crippen molar-refractivity contribution in [3.05, 3.63) is 93.0 Å². The molecule has 1 saturated heterocycles. The van der Waals surface area contributed by atoms with Crippen LogP contribution in [0.1, 0.15) is 133 Å². The van der Waals surface area contributed by atoms with E-state index in [4.69, 9.17) is 18.9 Å². The Kier molecular flexibility index (Phi) is 17.0. The average molecular weight is 712 g/mol. The Hall–Kier alpha value is -4.39. The summed E-state index contributed by atoms with van der Waals surface area (Å²) in [4.78, 5) is 10.6. The fourth-order valence-corrected chi connectivity index (χ4v) is 5.73. The Balaban J connectivity index is 1.56. The van der Waals surface area contributed by atoms with Crippen LogP contribution in [0.4, 0.5) is 11.4 Å². The van der Waals surface area contributed by atoms with Crippen molar-refractivity contribution >= 4 is 17.6 Å². The van der Waals surface area contributed by atoms with E-state index in [0.717, 1.165) is 47.9 Å². The summed E-state index contributed by atoms with van der Waals surface area (Å²) in [5, 5.41) is 15.5. The molecule has 0 bridgehead atoms. The molecule has 0 aromatic heterocycles. The molecule has 0 unspecified atom stereocenters. The maximum absolute atomic E-state index is 11.1. The second-order valence-electron chi connectivity index (χ2n) is 14.3. The summed E-state index contributed by atoms with van der Waals surface area (Å²) in [5.41, 5.74) is 6.99. The van der Waals surface area contributed by atoms with Gasteiger partial charge < -0.3 is 18.9 Å². The number of nitrogens with one attached hydrogen (secondary N) is 1. The fourth-order valence-electron chi connectivity index (χ4n) is 5.73. The quantitative estimate of drug-likeness (QED) is 0.0385. The molecule has 3 aromatic carbocycles. The monoisotopic (exact) mass is 711 g/mol. The zero-order valence-corrected chi connectivity index (χ0v) is 31.6. The van der Waals surface area contributed by atoms with E-state index in [9.17, 15) is 10.1 Å². The van der Waals surface area contributed by atoms with Crippen LogP contribution in [0.3, 0.4) is 0 Å². The van der Waals surface area contributed by atoms with Gasteiger partial charge in [0, 0.05) is 40.3 Å². The maximum Gasteiger partial charge on any atom is 0.269 e. The van der Waals surface area contributed by atoms with Gasteiger partial charge in [0.1, 0.15) is 11.5 Å². The third-order valence-electron chi connectivity index (χ3n) is 8.87. The van der Waals surface area contributed by atoms with Crippen molar-refractivity contribution < 1.29 is 23.9 Å².